The molecule has 4 heterocycles. The molecule has 4 N–H and O–H groups in total. The molecule has 1 aliphatic heterocycles. The van der Waals surface area contributed by atoms with Gasteiger partial charge in [-0.2, -0.15) is 10.4 Å². The van der Waals surface area contributed by atoms with E-state index in [-0.39, 0.29) is 12.6 Å². The summed E-state index contributed by atoms with van der Waals surface area (Å²) in [7, 11) is 0. The van der Waals surface area contributed by atoms with Gasteiger partial charge < -0.3 is 25.8 Å². The molecule has 10 nitrogen and oxygen atoms in total. The first-order valence-electron chi connectivity index (χ1n) is 12.8. The number of halogens is 1. The number of ether oxygens (including phenoxy) is 1. The van der Waals surface area contributed by atoms with Crippen LogP contribution in [0.5, 0.6) is 0 Å². The lowest BCUT2D eigenvalue weighted by molar-refractivity contribution is -0.00807. The standard InChI is InChI=1S/C27H32FN7O3/c1-27(2,37)25(28)13-32-26(36)21-12-31-23(24-4-3-20-7-17(9-29)11-33-35(20)24)8-22(21)34-18-5-16(6-18)10-30-19-14-38-15-19/h3-4,7-8,11-12,16,18-19,25,30,37H,5-6,10,13-15H2,1-2H3,(H,31,34)(H,32,36)/t16-,18-,25-/m1/s1. The summed E-state index contributed by atoms with van der Waals surface area (Å²) in [5, 5.41) is 33.0. The van der Waals surface area contributed by atoms with E-state index < -0.39 is 17.7 Å². The number of amides is 1. The fourth-order valence-corrected chi connectivity index (χ4v) is 4.60. The van der Waals surface area contributed by atoms with E-state index >= 15 is 0 Å². The largest absolute Gasteiger partial charge is 0.387 e. The SMILES string of the molecule is CC(C)(O)[C@H](F)CNC(=O)c1cnc(-c2ccc3cc(C#N)cnn23)cc1N[C@H]1C[C@H](CNC2COC2)C1. The van der Waals surface area contributed by atoms with Gasteiger partial charge in [-0.3, -0.25) is 9.78 Å². The molecule has 1 atom stereocenters. The van der Waals surface area contributed by atoms with Gasteiger partial charge in [0.15, 0.2) is 0 Å². The molecular weight excluding hydrogens is 489 g/mol. The number of hydrogen-bond donors (Lipinski definition) is 4. The zero-order valence-corrected chi connectivity index (χ0v) is 21.4. The van der Waals surface area contributed by atoms with Crippen LogP contribution in [0, 0.1) is 17.2 Å². The van der Waals surface area contributed by atoms with Crippen LogP contribution in [0.4, 0.5) is 10.1 Å². The second kappa shape index (κ2) is 10.6. The Balaban J connectivity index is 1.35. The number of nitrogens with zero attached hydrogens (tertiary/aromatic N) is 4. The first-order chi connectivity index (χ1) is 18.2. The third-order valence-electron chi connectivity index (χ3n) is 7.18. The summed E-state index contributed by atoms with van der Waals surface area (Å²) in [5.74, 6) is 0.0663. The molecular formula is C27H32FN7O3. The van der Waals surface area contributed by atoms with Crippen molar-refractivity contribution >= 4 is 17.1 Å². The maximum Gasteiger partial charge on any atom is 0.255 e. The van der Waals surface area contributed by atoms with Crippen molar-refractivity contribution in [1.29, 1.82) is 5.26 Å². The molecule has 11 heteroatoms. The van der Waals surface area contributed by atoms with E-state index in [4.69, 9.17) is 10.00 Å². The fraction of sp³-hybridized carbons (Fsp3) is 0.481. The van der Waals surface area contributed by atoms with Gasteiger partial charge in [-0.25, -0.2) is 8.91 Å². The van der Waals surface area contributed by atoms with E-state index in [0.29, 0.717) is 40.2 Å². The molecule has 38 heavy (non-hydrogen) atoms. The number of pyridine rings is 1. The number of nitrogens with one attached hydrogen (secondary N) is 3. The van der Waals surface area contributed by atoms with Crippen LogP contribution >= 0.6 is 0 Å². The third-order valence-corrected chi connectivity index (χ3v) is 7.18. The van der Waals surface area contributed by atoms with Gasteiger partial charge in [0, 0.05) is 12.2 Å². The molecule has 1 amide bonds. The van der Waals surface area contributed by atoms with Gasteiger partial charge in [-0.05, 0) is 63.4 Å². The van der Waals surface area contributed by atoms with Gasteiger partial charge in [-0.15, -0.1) is 0 Å². The zero-order chi connectivity index (χ0) is 26.9. The van der Waals surface area contributed by atoms with Crippen LogP contribution in [0.2, 0.25) is 0 Å². The van der Waals surface area contributed by atoms with E-state index in [0.717, 1.165) is 38.1 Å². The van der Waals surface area contributed by atoms with Crippen LogP contribution < -0.4 is 16.0 Å². The topological polar surface area (TPSA) is 137 Å². The Bertz CT molecular complexity index is 1350. The van der Waals surface area contributed by atoms with Crippen LogP contribution in [0.1, 0.15) is 42.6 Å². The Labute approximate surface area is 220 Å². The number of anilines is 1. The molecule has 1 aliphatic carbocycles. The molecule has 3 aromatic rings. The monoisotopic (exact) mass is 521 g/mol. The number of rotatable bonds is 10. The molecule has 200 valence electrons. The lowest BCUT2D eigenvalue weighted by Gasteiger charge is -2.39. The van der Waals surface area contributed by atoms with Gasteiger partial charge >= 0.3 is 0 Å². The highest BCUT2D eigenvalue weighted by Crippen LogP contribution is 2.33. The van der Waals surface area contributed by atoms with Crippen LogP contribution in [0.3, 0.4) is 0 Å². The molecule has 0 unspecified atom stereocenters. The molecule has 0 spiro atoms. The molecule has 1 saturated heterocycles. The minimum atomic E-state index is -1.62. The average Bonchev–Trinajstić information content (AvgIpc) is 3.26. The van der Waals surface area contributed by atoms with Crippen molar-refractivity contribution in [3.05, 3.63) is 47.8 Å². The van der Waals surface area contributed by atoms with Crippen molar-refractivity contribution in [2.75, 3.05) is 31.6 Å². The normalized spacial score (nSPS) is 20.3. The van der Waals surface area contributed by atoms with E-state index in [1.807, 2.05) is 12.1 Å². The van der Waals surface area contributed by atoms with E-state index in [1.54, 1.807) is 16.6 Å². The van der Waals surface area contributed by atoms with E-state index in [2.05, 4.69) is 32.1 Å². The van der Waals surface area contributed by atoms with Crippen LogP contribution in [-0.2, 0) is 4.74 Å². The predicted molar refractivity (Wildman–Crippen MR) is 139 cm³/mol. The van der Waals surface area contributed by atoms with Crippen molar-refractivity contribution in [3.8, 4) is 17.5 Å². The lowest BCUT2D eigenvalue weighted by Crippen LogP contribution is -2.50. The first kappa shape index (κ1) is 26.0. The smallest absolute Gasteiger partial charge is 0.255 e. The van der Waals surface area contributed by atoms with E-state index in [9.17, 15) is 14.3 Å². The highest BCUT2D eigenvalue weighted by Gasteiger charge is 2.32. The number of alkyl halides is 1. The fourth-order valence-electron chi connectivity index (χ4n) is 4.60. The average molecular weight is 522 g/mol. The second-order valence-electron chi connectivity index (χ2n) is 10.7. The van der Waals surface area contributed by atoms with Gasteiger partial charge in [-0.1, -0.05) is 0 Å². The summed E-state index contributed by atoms with van der Waals surface area (Å²) in [5.41, 5.74) is 1.85. The highest BCUT2D eigenvalue weighted by atomic mass is 19.1. The van der Waals surface area contributed by atoms with Crippen molar-refractivity contribution in [3.63, 3.8) is 0 Å². The Morgan fingerprint density at radius 3 is 2.76 bits per heavy atom. The quantitative estimate of drug-likeness (QED) is 0.319. The minimum absolute atomic E-state index is 0.187. The number of hydrogen-bond acceptors (Lipinski definition) is 8. The van der Waals surface area contributed by atoms with Crippen molar-refractivity contribution in [2.45, 2.75) is 50.5 Å². The Morgan fingerprint density at radius 1 is 1.29 bits per heavy atom. The predicted octanol–water partition coefficient (Wildman–Crippen LogP) is 2.29. The summed E-state index contributed by atoms with van der Waals surface area (Å²) in [6, 6.07) is 9.98. The number of carbonyl (C=O) groups is 1. The van der Waals surface area contributed by atoms with Crippen molar-refractivity contribution < 1.29 is 19.0 Å². The highest BCUT2D eigenvalue weighted by molar-refractivity contribution is 6.00. The molecule has 0 bridgehead atoms. The summed E-state index contributed by atoms with van der Waals surface area (Å²) in [6.45, 7) is 4.87. The van der Waals surface area contributed by atoms with Crippen LogP contribution in [0.25, 0.3) is 16.9 Å². The zero-order valence-electron chi connectivity index (χ0n) is 21.4. The molecule has 2 fully saturated rings. The Kier molecular flexibility index (Phi) is 7.29. The number of nitriles is 1. The van der Waals surface area contributed by atoms with Gasteiger partial charge in [0.05, 0.1) is 71.3 Å². The van der Waals surface area contributed by atoms with Crippen molar-refractivity contribution in [2.24, 2.45) is 5.92 Å². The molecule has 0 radical (unpaired) electrons. The maximum atomic E-state index is 14.3. The molecule has 5 rings (SSSR count). The van der Waals surface area contributed by atoms with Crippen LogP contribution in [0.15, 0.2) is 36.7 Å². The second-order valence-corrected chi connectivity index (χ2v) is 10.7. The van der Waals surface area contributed by atoms with Gasteiger partial charge in [0.1, 0.15) is 12.2 Å². The molecule has 1 saturated carbocycles. The summed E-state index contributed by atoms with van der Waals surface area (Å²) in [6.07, 6.45) is 3.26. The maximum absolute atomic E-state index is 14.3. The lowest BCUT2D eigenvalue weighted by atomic mass is 9.80. The van der Waals surface area contributed by atoms with Gasteiger partial charge in [0.2, 0.25) is 0 Å². The Hall–Kier alpha value is -3.59. The van der Waals surface area contributed by atoms with Crippen LogP contribution in [-0.4, -0.2) is 75.8 Å². The Morgan fingerprint density at radius 2 is 2.08 bits per heavy atom. The van der Waals surface area contributed by atoms with Crippen molar-refractivity contribution in [1.82, 2.24) is 25.2 Å². The summed E-state index contributed by atoms with van der Waals surface area (Å²) < 4.78 is 21.2. The number of aromatic nitrogens is 3. The summed E-state index contributed by atoms with van der Waals surface area (Å²) >= 11 is 0. The first-order valence-corrected chi connectivity index (χ1v) is 12.8. The van der Waals surface area contributed by atoms with E-state index in [1.165, 1.54) is 26.2 Å². The number of carbonyl (C=O) groups excluding carboxylic acids is 1. The molecule has 2 aliphatic rings. The molecule has 3 aromatic heterocycles. The third kappa shape index (κ3) is 5.62. The summed E-state index contributed by atoms with van der Waals surface area (Å²) in [4.78, 5) is 17.5. The minimum Gasteiger partial charge on any atom is -0.387 e. The molecule has 0 aromatic carbocycles. The number of fused-ring (bicyclic) bond motifs is 1. The number of aliphatic hydroxyl groups is 1. The van der Waals surface area contributed by atoms with Gasteiger partial charge in [0.25, 0.3) is 5.91 Å².